The molecule has 0 aromatic heterocycles. The summed E-state index contributed by atoms with van der Waals surface area (Å²) in [7, 11) is 1.55. The molecule has 104 valence electrons. The van der Waals surface area contributed by atoms with Crippen molar-refractivity contribution < 1.29 is 9.53 Å². The van der Waals surface area contributed by atoms with Gasteiger partial charge in [0.2, 0.25) is 0 Å². The van der Waals surface area contributed by atoms with Gasteiger partial charge in [0, 0.05) is 16.9 Å². The number of hydrogen-bond donors (Lipinski definition) is 2. The van der Waals surface area contributed by atoms with Gasteiger partial charge in [0.15, 0.2) is 0 Å². The molecule has 1 fully saturated rings. The molecule has 0 heterocycles. The molecule has 2 unspecified atom stereocenters. The van der Waals surface area contributed by atoms with E-state index in [0.29, 0.717) is 22.3 Å². The maximum absolute atomic E-state index is 12.2. The second-order valence-electron chi connectivity index (χ2n) is 4.80. The van der Waals surface area contributed by atoms with Gasteiger partial charge in [-0.2, -0.15) is 11.8 Å². The second kappa shape index (κ2) is 6.19. The third-order valence-electron chi connectivity index (χ3n) is 3.55. The number of carbonyl (C=O) groups excluding carboxylic acids is 1. The van der Waals surface area contributed by atoms with Crippen LogP contribution in [0.15, 0.2) is 18.2 Å². The Balaban J connectivity index is 2.00. The average Bonchev–Trinajstić information content (AvgIpc) is 2.86. The summed E-state index contributed by atoms with van der Waals surface area (Å²) in [6.45, 7) is 0. The highest BCUT2D eigenvalue weighted by Gasteiger charge is 2.25. The van der Waals surface area contributed by atoms with Crippen LogP contribution in [0.2, 0.25) is 0 Å². The first-order valence-corrected chi connectivity index (χ1v) is 7.70. The van der Waals surface area contributed by atoms with E-state index in [2.05, 4.69) is 11.6 Å². The molecule has 2 atom stereocenters. The summed E-state index contributed by atoms with van der Waals surface area (Å²) in [6, 6.07) is 5.40. The number of ether oxygens (including phenoxy) is 1. The fourth-order valence-corrected chi connectivity index (χ4v) is 3.20. The summed E-state index contributed by atoms with van der Waals surface area (Å²) in [5, 5.41) is 3.75. The number of nitrogens with two attached hydrogens (primary N) is 1. The van der Waals surface area contributed by atoms with Crippen LogP contribution < -0.4 is 15.8 Å². The molecule has 0 aliphatic heterocycles. The first-order valence-electron chi connectivity index (χ1n) is 6.41. The van der Waals surface area contributed by atoms with Crippen molar-refractivity contribution in [3.8, 4) is 5.75 Å². The molecular weight excluding hydrogens is 260 g/mol. The molecule has 3 N–H and O–H groups in total. The first kappa shape index (κ1) is 14.1. The van der Waals surface area contributed by atoms with Crippen LogP contribution in [0, 0.1) is 0 Å². The zero-order valence-corrected chi connectivity index (χ0v) is 12.1. The minimum atomic E-state index is -0.0509. The fourth-order valence-electron chi connectivity index (χ4n) is 2.41. The van der Waals surface area contributed by atoms with Crippen molar-refractivity contribution in [3.05, 3.63) is 23.8 Å². The van der Waals surface area contributed by atoms with Crippen molar-refractivity contribution in [2.45, 2.75) is 30.6 Å². The van der Waals surface area contributed by atoms with Gasteiger partial charge in [-0.05, 0) is 43.7 Å². The topological polar surface area (TPSA) is 64.3 Å². The average molecular weight is 280 g/mol. The monoisotopic (exact) mass is 280 g/mol. The Labute approximate surface area is 118 Å². The number of benzene rings is 1. The third-order valence-corrected chi connectivity index (χ3v) is 4.64. The minimum absolute atomic E-state index is 0.0509. The van der Waals surface area contributed by atoms with Crippen LogP contribution in [0.3, 0.4) is 0 Å². The van der Waals surface area contributed by atoms with Gasteiger partial charge in [0.05, 0.1) is 12.8 Å². The van der Waals surface area contributed by atoms with Crippen molar-refractivity contribution in [1.29, 1.82) is 0 Å². The molecule has 0 bridgehead atoms. The predicted octanol–water partition coefficient (Wildman–Crippen LogP) is 2.29. The molecule has 1 aromatic rings. The van der Waals surface area contributed by atoms with E-state index in [4.69, 9.17) is 10.5 Å². The van der Waals surface area contributed by atoms with Crippen molar-refractivity contribution in [1.82, 2.24) is 5.32 Å². The molecule has 19 heavy (non-hydrogen) atoms. The van der Waals surface area contributed by atoms with Crippen molar-refractivity contribution >= 4 is 23.4 Å². The number of thioether (sulfide) groups is 1. The van der Waals surface area contributed by atoms with E-state index < -0.39 is 0 Å². The summed E-state index contributed by atoms with van der Waals surface area (Å²) >= 11 is 1.88. The molecule has 1 aliphatic carbocycles. The number of rotatable bonds is 4. The van der Waals surface area contributed by atoms with Crippen LogP contribution in [0.25, 0.3) is 0 Å². The van der Waals surface area contributed by atoms with Gasteiger partial charge in [-0.3, -0.25) is 4.79 Å². The van der Waals surface area contributed by atoms with Gasteiger partial charge in [0.25, 0.3) is 5.91 Å². The number of anilines is 1. The minimum Gasteiger partial charge on any atom is -0.495 e. The van der Waals surface area contributed by atoms with E-state index in [-0.39, 0.29) is 11.9 Å². The number of nitrogen functional groups attached to an aromatic ring is 1. The Hall–Kier alpha value is -1.36. The standard InChI is InChI=1S/C14H20N2O2S/c1-18-13-7-9(3-6-12(13)15)14(17)16-10-4-5-11(8-10)19-2/h3,6-7,10-11H,4-5,8,15H2,1-2H3,(H,16,17). The number of methoxy groups -OCH3 is 1. The highest BCUT2D eigenvalue weighted by Crippen LogP contribution is 2.28. The van der Waals surface area contributed by atoms with Crippen molar-refractivity contribution in [3.63, 3.8) is 0 Å². The molecule has 4 nitrogen and oxygen atoms in total. The number of amides is 1. The summed E-state index contributed by atoms with van der Waals surface area (Å²) in [6.07, 6.45) is 5.42. The lowest BCUT2D eigenvalue weighted by Crippen LogP contribution is -2.33. The molecule has 0 spiro atoms. The van der Waals surface area contributed by atoms with E-state index in [9.17, 15) is 4.79 Å². The summed E-state index contributed by atoms with van der Waals surface area (Å²) in [5.74, 6) is 0.492. The van der Waals surface area contributed by atoms with E-state index in [1.807, 2.05) is 11.8 Å². The Morgan fingerprint density at radius 2 is 2.26 bits per heavy atom. The zero-order valence-electron chi connectivity index (χ0n) is 11.3. The molecule has 1 aliphatic rings. The van der Waals surface area contributed by atoms with E-state index >= 15 is 0 Å². The molecule has 1 amide bonds. The maximum Gasteiger partial charge on any atom is 0.251 e. The maximum atomic E-state index is 12.2. The molecular formula is C14H20N2O2S. The predicted molar refractivity (Wildman–Crippen MR) is 79.8 cm³/mol. The van der Waals surface area contributed by atoms with E-state index in [1.54, 1.807) is 25.3 Å². The quantitative estimate of drug-likeness (QED) is 0.831. The van der Waals surface area contributed by atoms with Crippen LogP contribution in [-0.2, 0) is 0 Å². The third kappa shape index (κ3) is 3.35. The SMILES string of the molecule is COc1cc(C(=O)NC2CCC(SC)C2)ccc1N. The Kier molecular flexibility index (Phi) is 4.58. The van der Waals surface area contributed by atoms with Gasteiger partial charge in [-0.25, -0.2) is 0 Å². The van der Waals surface area contributed by atoms with Gasteiger partial charge >= 0.3 is 0 Å². The Bertz CT molecular complexity index is 465. The highest BCUT2D eigenvalue weighted by molar-refractivity contribution is 7.99. The van der Waals surface area contributed by atoms with Crippen LogP contribution in [0.1, 0.15) is 29.6 Å². The molecule has 5 heteroatoms. The summed E-state index contributed by atoms with van der Waals surface area (Å²) in [5.41, 5.74) is 6.88. The highest BCUT2D eigenvalue weighted by atomic mass is 32.2. The van der Waals surface area contributed by atoms with Gasteiger partial charge in [-0.15, -0.1) is 0 Å². The van der Waals surface area contributed by atoms with Crippen LogP contribution in [0.4, 0.5) is 5.69 Å². The second-order valence-corrected chi connectivity index (χ2v) is 5.94. The van der Waals surface area contributed by atoms with Crippen molar-refractivity contribution in [2.75, 3.05) is 19.1 Å². The van der Waals surface area contributed by atoms with Crippen LogP contribution >= 0.6 is 11.8 Å². The van der Waals surface area contributed by atoms with E-state index in [0.717, 1.165) is 12.8 Å². The lowest BCUT2D eigenvalue weighted by molar-refractivity contribution is 0.0937. The number of hydrogen-bond acceptors (Lipinski definition) is 4. The Morgan fingerprint density at radius 1 is 1.47 bits per heavy atom. The van der Waals surface area contributed by atoms with Gasteiger partial charge in [-0.1, -0.05) is 0 Å². The fraction of sp³-hybridized carbons (Fsp3) is 0.500. The molecule has 1 aromatic carbocycles. The van der Waals surface area contributed by atoms with Crippen LogP contribution in [0.5, 0.6) is 5.75 Å². The van der Waals surface area contributed by atoms with Gasteiger partial charge in [0.1, 0.15) is 5.75 Å². The largest absolute Gasteiger partial charge is 0.495 e. The lowest BCUT2D eigenvalue weighted by Gasteiger charge is -2.13. The molecule has 0 saturated heterocycles. The molecule has 1 saturated carbocycles. The molecule has 0 radical (unpaired) electrons. The summed E-state index contributed by atoms with van der Waals surface area (Å²) < 4.78 is 5.13. The number of carbonyl (C=O) groups is 1. The number of nitrogens with one attached hydrogen (secondary N) is 1. The zero-order chi connectivity index (χ0) is 13.8. The van der Waals surface area contributed by atoms with Gasteiger partial charge < -0.3 is 15.8 Å². The van der Waals surface area contributed by atoms with Crippen LogP contribution in [-0.4, -0.2) is 30.6 Å². The Morgan fingerprint density at radius 3 is 2.89 bits per heavy atom. The van der Waals surface area contributed by atoms with E-state index in [1.165, 1.54) is 6.42 Å². The smallest absolute Gasteiger partial charge is 0.251 e. The first-order chi connectivity index (χ1) is 9.13. The molecule has 2 rings (SSSR count). The van der Waals surface area contributed by atoms with Crippen molar-refractivity contribution in [2.24, 2.45) is 0 Å². The normalized spacial score (nSPS) is 22.2. The lowest BCUT2D eigenvalue weighted by atomic mass is 10.1. The summed E-state index contributed by atoms with van der Waals surface area (Å²) in [4.78, 5) is 12.2.